The molecular formula is C24H24FN3O3S. The predicted molar refractivity (Wildman–Crippen MR) is 121 cm³/mol. The molecule has 2 atom stereocenters. The Kier molecular flexibility index (Phi) is 5.78. The summed E-state index contributed by atoms with van der Waals surface area (Å²) in [4.78, 5) is 11.7. The molecule has 0 spiro atoms. The molecule has 0 N–H and O–H groups in total. The first kappa shape index (κ1) is 20.9. The van der Waals surface area contributed by atoms with Crippen molar-refractivity contribution in [3.8, 4) is 22.6 Å². The van der Waals surface area contributed by atoms with Gasteiger partial charge in [0.25, 0.3) is 0 Å². The molecule has 166 valence electrons. The zero-order valence-electron chi connectivity index (χ0n) is 17.8. The molecule has 5 rings (SSSR count). The zero-order chi connectivity index (χ0) is 22.1. The number of nitrogens with zero attached hydrogens (tertiary/aromatic N) is 3. The molecule has 1 fully saturated rings. The molecule has 0 saturated carbocycles. The third-order valence-electron chi connectivity index (χ3n) is 5.92. The van der Waals surface area contributed by atoms with Crippen LogP contribution in [-0.2, 0) is 17.2 Å². The number of benzene rings is 2. The number of anilines is 1. The van der Waals surface area contributed by atoms with Crippen LogP contribution in [0.25, 0.3) is 11.1 Å². The van der Waals surface area contributed by atoms with Crippen molar-refractivity contribution < 1.29 is 18.1 Å². The number of halogens is 1. The maximum Gasteiger partial charge on any atom is 0.225 e. The van der Waals surface area contributed by atoms with E-state index in [-0.39, 0.29) is 11.7 Å². The van der Waals surface area contributed by atoms with E-state index in [9.17, 15) is 8.60 Å². The van der Waals surface area contributed by atoms with Crippen LogP contribution in [0.15, 0.2) is 53.7 Å². The van der Waals surface area contributed by atoms with Gasteiger partial charge in [-0.2, -0.15) is 0 Å². The van der Waals surface area contributed by atoms with E-state index in [2.05, 4.69) is 21.8 Å². The largest absolute Gasteiger partial charge is 0.490 e. The maximum atomic E-state index is 14.7. The highest BCUT2D eigenvalue weighted by atomic mass is 32.2. The van der Waals surface area contributed by atoms with Crippen LogP contribution in [0.2, 0.25) is 0 Å². The van der Waals surface area contributed by atoms with E-state index in [1.807, 2.05) is 24.5 Å². The van der Waals surface area contributed by atoms with Gasteiger partial charge in [-0.3, -0.25) is 4.21 Å². The van der Waals surface area contributed by atoms with Crippen LogP contribution in [-0.4, -0.2) is 39.8 Å². The molecule has 0 radical (unpaired) electrons. The van der Waals surface area contributed by atoms with Crippen molar-refractivity contribution >= 4 is 16.7 Å². The molecule has 6 nitrogen and oxygen atoms in total. The Morgan fingerprint density at radius 2 is 1.97 bits per heavy atom. The van der Waals surface area contributed by atoms with Gasteiger partial charge in [0, 0.05) is 31.4 Å². The number of hydrogen-bond donors (Lipinski definition) is 0. The molecule has 3 aromatic rings. The fourth-order valence-corrected chi connectivity index (χ4v) is 4.94. The number of hydrogen-bond acceptors (Lipinski definition) is 6. The van der Waals surface area contributed by atoms with Gasteiger partial charge in [0.05, 0.1) is 22.3 Å². The number of aryl methyl sites for hydroxylation is 1. The second-order valence-corrected chi connectivity index (χ2v) is 9.44. The fourth-order valence-electron chi connectivity index (χ4n) is 4.02. The topological polar surface area (TPSA) is 64.6 Å². The van der Waals surface area contributed by atoms with E-state index in [0.29, 0.717) is 23.2 Å². The summed E-state index contributed by atoms with van der Waals surface area (Å²) in [6.07, 6.45) is 5.61. The van der Waals surface area contributed by atoms with E-state index in [1.165, 1.54) is 6.07 Å². The number of ether oxygens (including phenoxy) is 2. The van der Waals surface area contributed by atoms with Gasteiger partial charge in [-0.25, -0.2) is 14.4 Å². The van der Waals surface area contributed by atoms with E-state index >= 15 is 0 Å². The Balaban J connectivity index is 1.21. The number of rotatable bonds is 6. The number of aromatic nitrogens is 2. The molecule has 0 amide bonds. The van der Waals surface area contributed by atoms with E-state index in [4.69, 9.17) is 9.47 Å². The zero-order valence-corrected chi connectivity index (χ0v) is 18.6. The summed E-state index contributed by atoms with van der Waals surface area (Å²) in [6, 6.07) is 10.4. The van der Waals surface area contributed by atoms with Crippen LogP contribution < -0.4 is 14.4 Å². The smallest absolute Gasteiger partial charge is 0.225 e. The van der Waals surface area contributed by atoms with Crippen LogP contribution >= 0.6 is 0 Å². The fraction of sp³-hybridized carbons (Fsp3) is 0.333. The third kappa shape index (κ3) is 4.19. The van der Waals surface area contributed by atoms with Crippen molar-refractivity contribution in [3.63, 3.8) is 0 Å². The maximum absolute atomic E-state index is 14.7. The van der Waals surface area contributed by atoms with Crippen LogP contribution in [0, 0.1) is 11.7 Å². The van der Waals surface area contributed by atoms with Gasteiger partial charge < -0.3 is 14.4 Å². The first-order chi connectivity index (χ1) is 15.6. The standard InChI is InChI=1S/C24H24FN3O3S/c1-2-16-11-26-24(27-12-16)28-8-7-17(13-28)14-30-21-5-3-18(9-20(21)25)19-4-6-23-22(10-19)31-15-32(23)29/h3-6,9-12,17H,2,7-8,13-15H2,1H3/t17-,32?/m0/s1. The first-order valence-corrected chi connectivity index (χ1v) is 12.1. The van der Waals surface area contributed by atoms with Crippen molar-refractivity contribution in [1.82, 2.24) is 9.97 Å². The second kappa shape index (κ2) is 8.86. The minimum Gasteiger partial charge on any atom is -0.490 e. The predicted octanol–water partition coefficient (Wildman–Crippen LogP) is 4.21. The van der Waals surface area contributed by atoms with Crippen molar-refractivity contribution in [2.24, 2.45) is 5.92 Å². The Hall–Kier alpha value is -3.00. The molecular weight excluding hydrogens is 429 g/mol. The van der Waals surface area contributed by atoms with Gasteiger partial charge in [0.2, 0.25) is 5.95 Å². The summed E-state index contributed by atoms with van der Waals surface area (Å²) in [5.41, 5.74) is 2.65. The molecule has 1 saturated heterocycles. The van der Waals surface area contributed by atoms with Gasteiger partial charge in [-0.15, -0.1) is 0 Å². The highest BCUT2D eigenvalue weighted by Crippen LogP contribution is 2.34. The summed E-state index contributed by atoms with van der Waals surface area (Å²) >= 11 is 0. The SMILES string of the molecule is CCc1cnc(N2CC[C@H](COc3ccc(-c4ccc5c(c4)OCS5=O)cc3F)C2)nc1. The molecule has 0 bridgehead atoms. The third-order valence-corrected chi connectivity index (χ3v) is 7.08. The summed E-state index contributed by atoms with van der Waals surface area (Å²) in [5.74, 6) is 1.64. The molecule has 2 aromatic carbocycles. The lowest BCUT2D eigenvalue weighted by molar-refractivity contribution is 0.250. The molecule has 3 heterocycles. The Morgan fingerprint density at radius 3 is 2.75 bits per heavy atom. The minimum atomic E-state index is -1.12. The Bertz CT molecular complexity index is 1160. The lowest BCUT2D eigenvalue weighted by Crippen LogP contribution is -2.23. The van der Waals surface area contributed by atoms with Gasteiger partial charge >= 0.3 is 0 Å². The monoisotopic (exact) mass is 453 g/mol. The first-order valence-electron chi connectivity index (χ1n) is 10.7. The van der Waals surface area contributed by atoms with Crippen LogP contribution in [0.4, 0.5) is 10.3 Å². The van der Waals surface area contributed by atoms with Crippen LogP contribution in [0.3, 0.4) is 0 Å². The summed E-state index contributed by atoms with van der Waals surface area (Å²) in [6.45, 7) is 4.18. The van der Waals surface area contributed by atoms with Crippen LogP contribution in [0.1, 0.15) is 18.9 Å². The van der Waals surface area contributed by atoms with E-state index in [1.54, 1.807) is 18.2 Å². The van der Waals surface area contributed by atoms with Gasteiger partial charge in [-0.05, 0) is 53.8 Å². The minimum absolute atomic E-state index is 0.175. The van der Waals surface area contributed by atoms with E-state index < -0.39 is 16.6 Å². The molecule has 2 aliphatic heterocycles. The number of fused-ring (bicyclic) bond motifs is 1. The van der Waals surface area contributed by atoms with Gasteiger partial charge in [0.15, 0.2) is 17.5 Å². The molecule has 0 aliphatic carbocycles. The highest BCUT2D eigenvalue weighted by molar-refractivity contribution is 7.85. The molecule has 32 heavy (non-hydrogen) atoms. The average molecular weight is 454 g/mol. The van der Waals surface area contributed by atoms with Crippen molar-refractivity contribution in [1.29, 1.82) is 0 Å². The normalized spacial score (nSPS) is 19.6. The Morgan fingerprint density at radius 1 is 1.19 bits per heavy atom. The average Bonchev–Trinajstić information content (AvgIpc) is 3.45. The van der Waals surface area contributed by atoms with E-state index in [0.717, 1.165) is 48.6 Å². The second-order valence-electron chi connectivity index (χ2n) is 8.07. The van der Waals surface area contributed by atoms with Gasteiger partial charge in [0.1, 0.15) is 5.75 Å². The Labute approximate surface area is 188 Å². The molecule has 1 unspecified atom stereocenters. The quantitative estimate of drug-likeness (QED) is 0.557. The van der Waals surface area contributed by atoms with Crippen molar-refractivity contribution in [2.75, 3.05) is 30.5 Å². The lowest BCUT2D eigenvalue weighted by Gasteiger charge is -2.17. The van der Waals surface area contributed by atoms with Crippen LogP contribution in [0.5, 0.6) is 11.5 Å². The van der Waals surface area contributed by atoms with Crippen molar-refractivity contribution in [2.45, 2.75) is 24.7 Å². The van der Waals surface area contributed by atoms with Gasteiger partial charge in [-0.1, -0.05) is 19.1 Å². The molecule has 8 heteroatoms. The molecule has 1 aromatic heterocycles. The molecule has 2 aliphatic rings. The summed E-state index contributed by atoms with van der Waals surface area (Å²) in [5, 5.41) is 0. The lowest BCUT2D eigenvalue weighted by atomic mass is 10.0. The highest BCUT2D eigenvalue weighted by Gasteiger charge is 2.25. The summed E-state index contributed by atoms with van der Waals surface area (Å²) in [7, 11) is -1.12. The summed E-state index contributed by atoms with van der Waals surface area (Å²) < 4.78 is 37.8. The van der Waals surface area contributed by atoms with Crippen molar-refractivity contribution in [3.05, 3.63) is 60.2 Å².